The van der Waals surface area contributed by atoms with E-state index in [2.05, 4.69) is 15.6 Å². The van der Waals surface area contributed by atoms with Gasteiger partial charge in [-0.25, -0.2) is 0 Å². The molecule has 0 aliphatic carbocycles. The number of amides is 2. The molecule has 0 fully saturated rings. The molecule has 0 aliphatic rings. The Morgan fingerprint density at radius 3 is 2.76 bits per heavy atom. The molecule has 2 amide bonds. The summed E-state index contributed by atoms with van der Waals surface area (Å²) in [4.78, 5) is 25.3. The van der Waals surface area contributed by atoms with Crippen LogP contribution in [0.2, 0.25) is 0 Å². The Morgan fingerprint density at radius 1 is 1.29 bits per heavy atom. The van der Waals surface area contributed by atoms with Gasteiger partial charge in [-0.15, -0.1) is 0 Å². The number of unbranched alkanes of at least 4 members (excludes halogenated alkanes) is 2. The summed E-state index contributed by atoms with van der Waals surface area (Å²) in [5.74, 6) is -0.0123. The van der Waals surface area contributed by atoms with Gasteiger partial charge >= 0.3 is 0 Å². The van der Waals surface area contributed by atoms with Crippen LogP contribution in [0.15, 0.2) is 18.3 Å². The highest BCUT2D eigenvalue weighted by molar-refractivity contribution is 5.92. The van der Waals surface area contributed by atoms with Crippen LogP contribution in [0.4, 0.5) is 0 Å². The molecule has 5 heteroatoms. The van der Waals surface area contributed by atoms with Gasteiger partial charge in [0.25, 0.3) is 5.91 Å². The number of hydrogen-bond acceptors (Lipinski definition) is 2. The van der Waals surface area contributed by atoms with E-state index in [-0.39, 0.29) is 11.8 Å². The lowest BCUT2D eigenvalue weighted by atomic mass is 10.2. The third-order valence-corrected chi connectivity index (χ3v) is 2.49. The van der Waals surface area contributed by atoms with Crippen LogP contribution in [-0.2, 0) is 4.79 Å². The van der Waals surface area contributed by atoms with Gasteiger partial charge in [-0.2, -0.15) is 0 Å². The summed E-state index contributed by atoms with van der Waals surface area (Å²) in [6.45, 7) is 0.644. The number of hydrogen-bond donors (Lipinski definition) is 3. The first-order chi connectivity index (χ1) is 8.24. The van der Waals surface area contributed by atoms with Crippen molar-refractivity contribution in [1.82, 2.24) is 15.6 Å². The molecule has 3 N–H and O–H groups in total. The zero-order valence-electron chi connectivity index (χ0n) is 10.1. The van der Waals surface area contributed by atoms with Crippen LogP contribution in [0, 0.1) is 0 Å². The average molecular weight is 237 g/mol. The van der Waals surface area contributed by atoms with Crippen LogP contribution in [0.5, 0.6) is 0 Å². The molecule has 94 valence electrons. The van der Waals surface area contributed by atoms with Gasteiger partial charge < -0.3 is 15.6 Å². The maximum Gasteiger partial charge on any atom is 0.267 e. The fourth-order valence-electron chi connectivity index (χ4n) is 1.48. The first kappa shape index (κ1) is 13.3. The molecule has 1 aromatic rings. The SMILES string of the molecule is CNC(=O)CCCCCNC(=O)c1ccc[nH]1. The minimum absolute atomic E-state index is 0.0698. The average Bonchev–Trinajstić information content (AvgIpc) is 2.86. The maximum atomic E-state index is 11.5. The van der Waals surface area contributed by atoms with Crippen LogP contribution in [0.25, 0.3) is 0 Å². The Bertz CT molecular complexity index is 347. The summed E-state index contributed by atoms with van der Waals surface area (Å²) in [7, 11) is 1.64. The quantitative estimate of drug-likeness (QED) is 0.620. The van der Waals surface area contributed by atoms with Crippen LogP contribution in [0.1, 0.15) is 36.2 Å². The van der Waals surface area contributed by atoms with Gasteiger partial charge in [-0.1, -0.05) is 6.42 Å². The molecule has 0 spiro atoms. The van der Waals surface area contributed by atoms with Crippen molar-refractivity contribution in [2.45, 2.75) is 25.7 Å². The topological polar surface area (TPSA) is 74.0 Å². The monoisotopic (exact) mass is 237 g/mol. The molecular formula is C12H19N3O2. The Hall–Kier alpha value is -1.78. The fraction of sp³-hybridized carbons (Fsp3) is 0.500. The Morgan fingerprint density at radius 2 is 2.12 bits per heavy atom. The van der Waals surface area contributed by atoms with Crippen molar-refractivity contribution < 1.29 is 9.59 Å². The van der Waals surface area contributed by atoms with Gasteiger partial charge in [0, 0.05) is 26.2 Å². The molecule has 1 aromatic heterocycles. The Labute approximate surface area is 101 Å². The number of rotatable bonds is 7. The molecule has 0 aliphatic heterocycles. The van der Waals surface area contributed by atoms with E-state index in [1.165, 1.54) is 0 Å². The molecule has 0 saturated carbocycles. The highest BCUT2D eigenvalue weighted by Gasteiger charge is 2.04. The fourth-order valence-corrected chi connectivity index (χ4v) is 1.48. The van der Waals surface area contributed by atoms with Crippen LogP contribution < -0.4 is 10.6 Å². The first-order valence-corrected chi connectivity index (χ1v) is 5.86. The number of aromatic nitrogens is 1. The molecule has 0 unspecified atom stereocenters. The van der Waals surface area contributed by atoms with Gasteiger partial charge in [-0.05, 0) is 25.0 Å². The van der Waals surface area contributed by atoms with Crippen LogP contribution >= 0.6 is 0 Å². The van der Waals surface area contributed by atoms with Crippen molar-refractivity contribution in [1.29, 1.82) is 0 Å². The van der Waals surface area contributed by atoms with Gasteiger partial charge in [0.15, 0.2) is 0 Å². The number of carbonyl (C=O) groups excluding carboxylic acids is 2. The molecule has 17 heavy (non-hydrogen) atoms. The van der Waals surface area contributed by atoms with E-state index in [4.69, 9.17) is 0 Å². The third kappa shape index (κ3) is 5.19. The lowest BCUT2D eigenvalue weighted by Crippen LogP contribution is -2.24. The van der Waals surface area contributed by atoms with E-state index in [0.29, 0.717) is 18.7 Å². The van der Waals surface area contributed by atoms with Gasteiger partial charge in [0.2, 0.25) is 5.91 Å². The van der Waals surface area contributed by atoms with Crippen LogP contribution in [0.3, 0.4) is 0 Å². The normalized spacial score (nSPS) is 9.94. The molecule has 0 saturated heterocycles. The van der Waals surface area contributed by atoms with E-state index >= 15 is 0 Å². The minimum Gasteiger partial charge on any atom is -0.359 e. The molecule has 1 rings (SSSR count). The van der Waals surface area contributed by atoms with Gasteiger partial charge in [0.05, 0.1) is 0 Å². The van der Waals surface area contributed by atoms with Crippen molar-refractivity contribution in [3.63, 3.8) is 0 Å². The molecule has 5 nitrogen and oxygen atoms in total. The zero-order chi connectivity index (χ0) is 12.5. The molecule has 1 heterocycles. The molecule has 0 bridgehead atoms. The van der Waals surface area contributed by atoms with E-state index in [0.717, 1.165) is 19.3 Å². The zero-order valence-corrected chi connectivity index (χ0v) is 10.1. The second-order valence-electron chi connectivity index (χ2n) is 3.82. The highest BCUT2D eigenvalue weighted by atomic mass is 16.2. The predicted molar refractivity (Wildman–Crippen MR) is 65.7 cm³/mol. The van der Waals surface area contributed by atoms with Crippen molar-refractivity contribution >= 4 is 11.8 Å². The second kappa shape index (κ2) is 7.49. The highest BCUT2D eigenvalue weighted by Crippen LogP contribution is 1.99. The number of H-pyrrole nitrogens is 1. The number of nitrogens with one attached hydrogen (secondary N) is 3. The van der Waals surface area contributed by atoms with E-state index in [9.17, 15) is 9.59 Å². The molecule has 0 radical (unpaired) electrons. The largest absolute Gasteiger partial charge is 0.359 e. The smallest absolute Gasteiger partial charge is 0.267 e. The summed E-state index contributed by atoms with van der Waals surface area (Å²) in [5.41, 5.74) is 0.579. The summed E-state index contributed by atoms with van der Waals surface area (Å²) in [5, 5.41) is 5.40. The first-order valence-electron chi connectivity index (χ1n) is 5.86. The van der Waals surface area contributed by atoms with Gasteiger partial charge in [0.1, 0.15) is 5.69 Å². The standard InChI is InChI=1S/C12H19N3O2/c1-13-11(16)7-3-2-4-8-15-12(17)10-6-5-9-14-10/h5-6,9,14H,2-4,7-8H2,1H3,(H,13,16)(H,15,17). The van der Waals surface area contributed by atoms with E-state index in [1.807, 2.05) is 0 Å². The van der Waals surface area contributed by atoms with Crippen LogP contribution in [-0.4, -0.2) is 30.4 Å². The summed E-state index contributed by atoms with van der Waals surface area (Å²) < 4.78 is 0. The number of aromatic amines is 1. The second-order valence-corrected chi connectivity index (χ2v) is 3.82. The van der Waals surface area contributed by atoms with E-state index in [1.54, 1.807) is 25.4 Å². The maximum absolute atomic E-state index is 11.5. The summed E-state index contributed by atoms with van der Waals surface area (Å²) >= 11 is 0. The lowest BCUT2D eigenvalue weighted by Gasteiger charge is -2.03. The third-order valence-electron chi connectivity index (χ3n) is 2.49. The molecule has 0 atom stereocenters. The van der Waals surface area contributed by atoms with Gasteiger partial charge in [-0.3, -0.25) is 9.59 Å². The van der Waals surface area contributed by atoms with E-state index < -0.39 is 0 Å². The minimum atomic E-state index is -0.0821. The Balaban J connectivity index is 2.01. The molecule has 0 aromatic carbocycles. The number of carbonyl (C=O) groups is 2. The van der Waals surface area contributed by atoms with Crippen molar-refractivity contribution in [3.05, 3.63) is 24.0 Å². The predicted octanol–water partition coefficient (Wildman–Crippen LogP) is 1.05. The molecular weight excluding hydrogens is 218 g/mol. The van der Waals surface area contributed by atoms with Crippen molar-refractivity contribution in [3.8, 4) is 0 Å². The summed E-state index contributed by atoms with van der Waals surface area (Å²) in [6, 6.07) is 3.53. The Kier molecular flexibility index (Phi) is 5.85. The van der Waals surface area contributed by atoms with Crippen molar-refractivity contribution in [2.75, 3.05) is 13.6 Å². The lowest BCUT2D eigenvalue weighted by molar-refractivity contribution is -0.120. The van der Waals surface area contributed by atoms with Crippen molar-refractivity contribution in [2.24, 2.45) is 0 Å². The summed E-state index contributed by atoms with van der Waals surface area (Å²) in [6.07, 6.45) is 4.97.